The van der Waals surface area contributed by atoms with Gasteiger partial charge in [-0.3, -0.25) is 4.79 Å². The monoisotopic (exact) mass is 277 g/mol. The molecule has 0 bridgehead atoms. The largest absolute Gasteiger partial charge is 0.398 e. The van der Waals surface area contributed by atoms with Crippen LogP contribution in [-0.4, -0.2) is 16.8 Å². The number of carbonyl (C=O) groups is 1. The van der Waals surface area contributed by atoms with Crippen molar-refractivity contribution in [3.8, 4) is 0 Å². The first-order chi connectivity index (χ1) is 9.06. The Kier molecular flexibility index (Phi) is 4.11. The number of nitrogen functional groups attached to an aromatic ring is 1. The minimum absolute atomic E-state index is 0.125. The summed E-state index contributed by atoms with van der Waals surface area (Å²) < 4.78 is 4.87. The molecule has 0 unspecified atom stereocenters. The molecule has 2 aromatic rings. The van der Waals surface area contributed by atoms with E-state index in [1.807, 2.05) is 25.1 Å². The molecule has 0 fully saturated rings. The van der Waals surface area contributed by atoms with Crippen LogP contribution in [0.5, 0.6) is 0 Å². The molecule has 0 aliphatic rings. The van der Waals surface area contributed by atoms with Crippen LogP contribution in [0.3, 0.4) is 0 Å². The average Bonchev–Trinajstić information content (AvgIpc) is 2.76. The fourth-order valence-corrected chi connectivity index (χ4v) is 2.40. The van der Waals surface area contributed by atoms with Crippen molar-refractivity contribution < 1.29 is 9.32 Å². The number of thioether (sulfide) groups is 1. The summed E-state index contributed by atoms with van der Waals surface area (Å²) in [5.41, 5.74) is 7.55. The maximum absolute atomic E-state index is 11.7. The van der Waals surface area contributed by atoms with Crippen LogP contribution in [0.1, 0.15) is 11.3 Å². The summed E-state index contributed by atoms with van der Waals surface area (Å²) in [5, 5.41) is 6.38. The van der Waals surface area contributed by atoms with Crippen LogP contribution in [0, 0.1) is 13.8 Å². The molecule has 3 N–H and O–H groups in total. The lowest BCUT2D eigenvalue weighted by molar-refractivity contribution is -0.113. The zero-order valence-corrected chi connectivity index (χ0v) is 11.6. The van der Waals surface area contributed by atoms with Crippen LogP contribution in [0.2, 0.25) is 0 Å². The van der Waals surface area contributed by atoms with Gasteiger partial charge in [-0.1, -0.05) is 11.2 Å². The van der Waals surface area contributed by atoms with Crippen LogP contribution in [0.25, 0.3) is 0 Å². The number of anilines is 2. The first-order valence-corrected chi connectivity index (χ1v) is 6.76. The Balaban J connectivity index is 1.91. The molecular weight excluding hydrogens is 262 g/mol. The minimum atomic E-state index is -0.125. The van der Waals surface area contributed by atoms with Crippen molar-refractivity contribution in [2.75, 3.05) is 16.8 Å². The molecule has 19 heavy (non-hydrogen) atoms. The van der Waals surface area contributed by atoms with Crippen molar-refractivity contribution in [2.24, 2.45) is 0 Å². The van der Waals surface area contributed by atoms with Crippen molar-refractivity contribution in [3.63, 3.8) is 0 Å². The molecule has 1 aromatic carbocycles. The molecule has 0 radical (unpaired) electrons. The highest BCUT2D eigenvalue weighted by atomic mass is 32.2. The molecule has 0 saturated carbocycles. The third kappa shape index (κ3) is 3.51. The SMILES string of the molecule is Cc1cc(NC(=O)CSc2cccc(N)c2C)no1. The molecule has 0 spiro atoms. The molecule has 0 atom stereocenters. The van der Waals surface area contributed by atoms with Crippen molar-refractivity contribution in [3.05, 3.63) is 35.6 Å². The lowest BCUT2D eigenvalue weighted by Crippen LogP contribution is -2.14. The van der Waals surface area contributed by atoms with E-state index in [4.69, 9.17) is 10.3 Å². The highest BCUT2D eigenvalue weighted by molar-refractivity contribution is 8.00. The number of aromatic nitrogens is 1. The second kappa shape index (κ2) is 5.79. The van der Waals surface area contributed by atoms with Gasteiger partial charge < -0.3 is 15.6 Å². The molecular formula is C13H15N3O2S. The van der Waals surface area contributed by atoms with Gasteiger partial charge in [-0.25, -0.2) is 0 Å². The number of carbonyl (C=O) groups excluding carboxylic acids is 1. The second-order valence-electron chi connectivity index (χ2n) is 4.13. The summed E-state index contributed by atoms with van der Waals surface area (Å²) in [6, 6.07) is 7.35. The van der Waals surface area contributed by atoms with E-state index < -0.39 is 0 Å². The van der Waals surface area contributed by atoms with Crippen molar-refractivity contribution in [2.45, 2.75) is 18.7 Å². The van der Waals surface area contributed by atoms with Crippen molar-refractivity contribution >= 4 is 29.2 Å². The minimum Gasteiger partial charge on any atom is -0.398 e. The van der Waals surface area contributed by atoms with Gasteiger partial charge in [0.25, 0.3) is 0 Å². The zero-order chi connectivity index (χ0) is 13.8. The molecule has 6 heteroatoms. The summed E-state index contributed by atoms with van der Waals surface area (Å²) in [4.78, 5) is 12.8. The van der Waals surface area contributed by atoms with Gasteiger partial charge in [0.05, 0.1) is 5.75 Å². The Morgan fingerprint density at radius 3 is 2.95 bits per heavy atom. The summed E-state index contributed by atoms with van der Waals surface area (Å²) in [5.74, 6) is 1.28. The molecule has 100 valence electrons. The quantitative estimate of drug-likeness (QED) is 0.663. The van der Waals surface area contributed by atoms with Gasteiger partial charge in [-0.15, -0.1) is 11.8 Å². The standard InChI is InChI=1S/C13H15N3O2S/c1-8-6-12(16-18-8)15-13(17)7-19-11-5-3-4-10(14)9(11)2/h3-6H,7,14H2,1-2H3,(H,15,16,17). The van der Waals surface area contributed by atoms with Crippen molar-refractivity contribution in [1.29, 1.82) is 0 Å². The normalized spacial score (nSPS) is 10.4. The first-order valence-electron chi connectivity index (χ1n) is 5.77. The third-order valence-corrected chi connectivity index (χ3v) is 3.74. The van der Waals surface area contributed by atoms with Gasteiger partial charge in [0.2, 0.25) is 5.91 Å². The van der Waals surface area contributed by atoms with E-state index in [0.29, 0.717) is 17.3 Å². The van der Waals surface area contributed by atoms with E-state index in [1.54, 1.807) is 13.0 Å². The number of rotatable bonds is 4. The fraction of sp³-hybridized carbons (Fsp3) is 0.231. The fourth-order valence-electron chi connectivity index (χ4n) is 1.54. The van der Waals surface area contributed by atoms with Gasteiger partial charge in [-0.05, 0) is 31.5 Å². The van der Waals surface area contributed by atoms with Gasteiger partial charge in [0, 0.05) is 16.6 Å². The topological polar surface area (TPSA) is 81.2 Å². The van der Waals surface area contributed by atoms with Gasteiger partial charge >= 0.3 is 0 Å². The molecule has 2 rings (SSSR count). The maximum Gasteiger partial charge on any atom is 0.235 e. The van der Waals surface area contributed by atoms with Gasteiger partial charge in [0.15, 0.2) is 5.82 Å². The van der Waals surface area contributed by atoms with Gasteiger partial charge in [0.1, 0.15) is 5.76 Å². The maximum atomic E-state index is 11.7. The number of benzene rings is 1. The van der Waals surface area contributed by atoms with E-state index in [1.165, 1.54) is 11.8 Å². The molecule has 1 heterocycles. The highest BCUT2D eigenvalue weighted by Gasteiger charge is 2.08. The second-order valence-corrected chi connectivity index (χ2v) is 5.15. The zero-order valence-electron chi connectivity index (χ0n) is 10.8. The highest BCUT2D eigenvalue weighted by Crippen LogP contribution is 2.26. The summed E-state index contributed by atoms with van der Waals surface area (Å²) in [7, 11) is 0. The molecule has 0 aliphatic heterocycles. The number of nitrogens with one attached hydrogen (secondary N) is 1. The van der Waals surface area contributed by atoms with E-state index in [0.717, 1.165) is 16.1 Å². The van der Waals surface area contributed by atoms with E-state index in [9.17, 15) is 4.79 Å². The van der Waals surface area contributed by atoms with Crippen LogP contribution in [0.15, 0.2) is 33.7 Å². The molecule has 1 aromatic heterocycles. The molecule has 0 aliphatic carbocycles. The van der Waals surface area contributed by atoms with Crippen LogP contribution < -0.4 is 11.1 Å². The van der Waals surface area contributed by atoms with E-state index in [2.05, 4.69) is 10.5 Å². The van der Waals surface area contributed by atoms with E-state index in [-0.39, 0.29) is 5.91 Å². The lowest BCUT2D eigenvalue weighted by Gasteiger charge is -2.07. The average molecular weight is 277 g/mol. The Morgan fingerprint density at radius 2 is 2.26 bits per heavy atom. The number of nitrogens with two attached hydrogens (primary N) is 1. The predicted molar refractivity (Wildman–Crippen MR) is 76.2 cm³/mol. The summed E-state index contributed by atoms with van der Waals surface area (Å²) >= 11 is 1.44. The first kappa shape index (κ1) is 13.5. The third-order valence-electron chi connectivity index (χ3n) is 2.58. The predicted octanol–water partition coefficient (Wildman–Crippen LogP) is 2.60. The Labute approximate surface area is 115 Å². The molecule has 1 amide bonds. The number of nitrogens with zero attached hydrogens (tertiary/aromatic N) is 1. The lowest BCUT2D eigenvalue weighted by atomic mass is 10.2. The Morgan fingerprint density at radius 1 is 1.47 bits per heavy atom. The number of amides is 1. The summed E-state index contributed by atoms with van der Waals surface area (Å²) in [6.45, 7) is 3.71. The van der Waals surface area contributed by atoms with Crippen LogP contribution in [-0.2, 0) is 4.79 Å². The number of hydrogen-bond donors (Lipinski definition) is 2. The van der Waals surface area contributed by atoms with Crippen molar-refractivity contribution in [1.82, 2.24) is 5.16 Å². The molecule has 5 nitrogen and oxygen atoms in total. The Hall–Kier alpha value is -1.95. The van der Waals surface area contributed by atoms with Crippen LogP contribution in [0.4, 0.5) is 11.5 Å². The Bertz CT molecular complexity index is 595. The van der Waals surface area contributed by atoms with Gasteiger partial charge in [-0.2, -0.15) is 0 Å². The number of hydrogen-bond acceptors (Lipinski definition) is 5. The smallest absolute Gasteiger partial charge is 0.235 e. The number of aryl methyl sites for hydroxylation is 1. The summed E-state index contributed by atoms with van der Waals surface area (Å²) in [6.07, 6.45) is 0. The van der Waals surface area contributed by atoms with E-state index >= 15 is 0 Å². The molecule has 0 saturated heterocycles. The van der Waals surface area contributed by atoms with Crippen LogP contribution >= 0.6 is 11.8 Å².